The van der Waals surface area contributed by atoms with Gasteiger partial charge in [0.1, 0.15) is 0 Å². The van der Waals surface area contributed by atoms with E-state index in [4.69, 9.17) is 0 Å². The summed E-state index contributed by atoms with van der Waals surface area (Å²) >= 11 is 0. The van der Waals surface area contributed by atoms with E-state index < -0.39 is 5.82 Å². The van der Waals surface area contributed by atoms with Gasteiger partial charge in [0.15, 0.2) is 11.6 Å². The Labute approximate surface area is 106 Å². The zero-order chi connectivity index (χ0) is 13.5. The van der Waals surface area contributed by atoms with Crippen molar-refractivity contribution < 1.29 is 9.18 Å². The minimum atomic E-state index is -0.542. The lowest BCUT2D eigenvalue weighted by Gasteiger charge is -2.21. The summed E-state index contributed by atoms with van der Waals surface area (Å²) < 4.78 is 13.7. The van der Waals surface area contributed by atoms with Crippen LogP contribution in [0.15, 0.2) is 6.20 Å². The van der Waals surface area contributed by atoms with Gasteiger partial charge in [-0.2, -0.15) is 4.98 Å². The van der Waals surface area contributed by atoms with Gasteiger partial charge >= 0.3 is 0 Å². The van der Waals surface area contributed by atoms with Crippen molar-refractivity contribution in [3.05, 3.63) is 12.0 Å². The van der Waals surface area contributed by atoms with Crippen molar-refractivity contribution >= 4 is 17.7 Å². The molecule has 1 rings (SSSR count). The molecule has 0 spiro atoms. The van der Waals surface area contributed by atoms with E-state index >= 15 is 0 Å². The Kier molecular flexibility index (Phi) is 5.29. The number of halogens is 1. The van der Waals surface area contributed by atoms with Crippen molar-refractivity contribution in [1.29, 1.82) is 0 Å². The number of rotatable bonds is 6. The summed E-state index contributed by atoms with van der Waals surface area (Å²) in [6.07, 6.45) is 1.09. The van der Waals surface area contributed by atoms with Crippen LogP contribution < -0.4 is 15.5 Å². The summed E-state index contributed by atoms with van der Waals surface area (Å²) in [6, 6.07) is 0. The number of carbonyl (C=O) groups is 1. The third kappa shape index (κ3) is 3.54. The van der Waals surface area contributed by atoms with Gasteiger partial charge in [0, 0.05) is 20.1 Å². The van der Waals surface area contributed by atoms with Gasteiger partial charge in [0.25, 0.3) is 0 Å². The van der Waals surface area contributed by atoms with Crippen LogP contribution in [0.1, 0.15) is 13.8 Å². The molecular formula is C11H18FN5O. The second-order valence-electron chi connectivity index (χ2n) is 3.58. The first-order valence-corrected chi connectivity index (χ1v) is 5.84. The Hall–Kier alpha value is -1.92. The molecule has 0 aliphatic carbocycles. The van der Waals surface area contributed by atoms with Gasteiger partial charge in [-0.25, -0.2) is 9.37 Å². The van der Waals surface area contributed by atoms with Crippen LogP contribution >= 0.6 is 0 Å². The predicted octanol–water partition coefficient (Wildman–Crippen LogP) is 0.620. The van der Waals surface area contributed by atoms with E-state index in [2.05, 4.69) is 20.6 Å². The number of aromatic nitrogens is 2. The van der Waals surface area contributed by atoms with Gasteiger partial charge in [-0.1, -0.05) is 0 Å². The highest BCUT2D eigenvalue weighted by atomic mass is 19.1. The van der Waals surface area contributed by atoms with Crippen LogP contribution in [0.25, 0.3) is 0 Å². The molecule has 0 bridgehead atoms. The van der Waals surface area contributed by atoms with Crippen LogP contribution in [0, 0.1) is 5.82 Å². The van der Waals surface area contributed by atoms with E-state index in [0.29, 0.717) is 19.0 Å². The molecule has 0 aliphatic rings. The fourth-order valence-electron chi connectivity index (χ4n) is 1.46. The molecule has 2 N–H and O–H groups in total. The Balaban J connectivity index is 2.90. The quantitative estimate of drug-likeness (QED) is 0.780. The normalized spacial score (nSPS) is 10.0. The van der Waals surface area contributed by atoms with E-state index in [1.54, 1.807) is 11.9 Å². The zero-order valence-corrected chi connectivity index (χ0v) is 10.8. The maximum Gasteiger partial charge on any atom is 0.239 e. The number of anilines is 2. The fraction of sp³-hybridized carbons (Fsp3) is 0.545. The Morgan fingerprint density at radius 3 is 2.78 bits per heavy atom. The van der Waals surface area contributed by atoms with Crippen molar-refractivity contribution in [1.82, 2.24) is 15.3 Å². The highest BCUT2D eigenvalue weighted by Gasteiger charge is 2.16. The molecule has 6 nitrogen and oxygen atoms in total. The number of hydrogen-bond acceptors (Lipinski definition) is 5. The monoisotopic (exact) mass is 255 g/mol. The Morgan fingerprint density at radius 1 is 1.50 bits per heavy atom. The molecule has 0 saturated heterocycles. The van der Waals surface area contributed by atoms with Crippen LogP contribution in [0.2, 0.25) is 0 Å². The van der Waals surface area contributed by atoms with Crippen LogP contribution in [0.5, 0.6) is 0 Å². The Morgan fingerprint density at radius 2 is 2.22 bits per heavy atom. The summed E-state index contributed by atoms with van der Waals surface area (Å²) in [6.45, 7) is 4.76. The number of hydrogen-bond donors (Lipinski definition) is 2. The van der Waals surface area contributed by atoms with Crippen molar-refractivity contribution in [3.63, 3.8) is 0 Å². The summed E-state index contributed by atoms with van der Waals surface area (Å²) in [4.78, 5) is 20.9. The molecule has 0 saturated carbocycles. The SMILES string of the molecule is CCNC(=O)CN(CC)c1nc(NC)ncc1F. The van der Waals surface area contributed by atoms with E-state index in [9.17, 15) is 9.18 Å². The summed E-state index contributed by atoms with van der Waals surface area (Å²) in [5.41, 5.74) is 0. The standard InChI is InChI=1S/C11H18FN5O/c1-4-14-9(18)7-17(5-2)10-8(12)6-15-11(13-3)16-10/h6H,4-5,7H2,1-3H3,(H,14,18)(H,13,15,16). The smallest absolute Gasteiger partial charge is 0.239 e. The van der Waals surface area contributed by atoms with Gasteiger partial charge in [-0.3, -0.25) is 4.79 Å². The topological polar surface area (TPSA) is 70.2 Å². The highest BCUT2D eigenvalue weighted by molar-refractivity contribution is 5.81. The van der Waals surface area contributed by atoms with Crippen molar-refractivity contribution in [2.75, 3.05) is 36.9 Å². The third-order valence-electron chi connectivity index (χ3n) is 2.34. The lowest BCUT2D eigenvalue weighted by atomic mass is 10.4. The van der Waals surface area contributed by atoms with Gasteiger partial charge < -0.3 is 15.5 Å². The second kappa shape index (κ2) is 6.73. The number of likely N-dealkylation sites (N-methyl/N-ethyl adjacent to an activating group) is 2. The molecule has 0 fully saturated rings. The molecule has 1 aromatic rings. The first-order chi connectivity index (χ1) is 8.62. The largest absolute Gasteiger partial charge is 0.357 e. The minimum absolute atomic E-state index is 0.0709. The minimum Gasteiger partial charge on any atom is -0.357 e. The van der Waals surface area contributed by atoms with Crippen molar-refractivity contribution in [2.45, 2.75) is 13.8 Å². The second-order valence-corrected chi connectivity index (χ2v) is 3.58. The average molecular weight is 255 g/mol. The Bertz CT molecular complexity index is 412. The van der Waals surface area contributed by atoms with Gasteiger partial charge in [-0.05, 0) is 13.8 Å². The molecule has 0 aliphatic heterocycles. The predicted molar refractivity (Wildman–Crippen MR) is 68.1 cm³/mol. The van der Waals surface area contributed by atoms with E-state index in [1.807, 2.05) is 13.8 Å². The first-order valence-electron chi connectivity index (χ1n) is 5.84. The summed E-state index contributed by atoms with van der Waals surface area (Å²) in [5.74, 6) is -0.257. The van der Waals surface area contributed by atoms with Crippen LogP contribution in [0.3, 0.4) is 0 Å². The third-order valence-corrected chi connectivity index (χ3v) is 2.34. The lowest BCUT2D eigenvalue weighted by Crippen LogP contribution is -2.38. The van der Waals surface area contributed by atoms with E-state index in [1.165, 1.54) is 0 Å². The molecule has 0 aromatic carbocycles. The molecule has 0 atom stereocenters. The average Bonchev–Trinajstić information content (AvgIpc) is 2.37. The van der Waals surface area contributed by atoms with Crippen molar-refractivity contribution in [3.8, 4) is 0 Å². The summed E-state index contributed by atoms with van der Waals surface area (Å²) in [5, 5.41) is 5.40. The number of nitrogens with zero attached hydrogens (tertiary/aromatic N) is 3. The highest BCUT2D eigenvalue weighted by Crippen LogP contribution is 2.16. The maximum absolute atomic E-state index is 13.7. The lowest BCUT2D eigenvalue weighted by molar-refractivity contribution is -0.119. The molecule has 1 heterocycles. The van der Waals surface area contributed by atoms with E-state index in [0.717, 1.165) is 6.20 Å². The zero-order valence-electron chi connectivity index (χ0n) is 10.8. The summed E-state index contributed by atoms with van der Waals surface area (Å²) in [7, 11) is 1.65. The molecule has 1 amide bonds. The first kappa shape index (κ1) is 14.1. The van der Waals surface area contributed by atoms with Gasteiger partial charge in [0.2, 0.25) is 11.9 Å². The number of carbonyl (C=O) groups excluding carboxylic acids is 1. The van der Waals surface area contributed by atoms with Crippen molar-refractivity contribution in [2.24, 2.45) is 0 Å². The molecule has 100 valence electrons. The van der Waals surface area contributed by atoms with E-state index in [-0.39, 0.29) is 18.3 Å². The molecule has 18 heavy (non-hydrogen) atoms. The van der Waals surface area contributed by atoms with Crippen LogP contribution in [-0.2, 0) is 4.79 Å². The van der Waals surface area contributed by atoms with Crippen LogP contribution in [0.4, 0.5) is 16.2 Å². The molecule has 0 unspecified atom stereocenters. The molecule has 1 aromatic heterocycles. The fourth-order valence-corrected chi connectivity index (χ4v) is 1.46. The maximum atomic E-state index is 13.7. The van der Waals surface area contributed by atoms with Gasteiger partial charge in [0.05, 0.1) is 12.7 Å². The molecule has 0 radical (unpaired) electrons. The number of amides is 1. The molecular weight excluding hydrogens is 237 g/mol. The van der Waals surface area contributed by atoms with Crippen LogP contribution in [-0.4, -0.2) is 42.6 Å². The van der Waals surface area contributed by atoms with Gasteiger partial charge in [-0.15, -0.1) is 0 Å². The number of nitrogens with one attached hydrogen (secondary N) is 2. The molecule has 7 heteroatoms.